The number of carbonyl (C=O) groups excluding carboxylic acids is 4. The smallest absolute Gasteiger partial charge is 0.408 e. The minimum absolute atomic E-state index is 0.0671. The van der Waals surface area contributed by atoms with Gasteiger partial charge in [-0.2, -0.15) is 0 Å². The third kappa shape index (κ3) is 12.8. The molecule has 0 radical (unpaired) electrons. The van der Waals surface area contributed by atoms with Crippen LogP contribution in [0, 0.1) is 11.8 Å². The number of amides is 3. The monoisotopic (exact) mass is 615 g/mol. The fraction of sp³-hybridized carbons (Fsp3) is 0.389. The second-order valence-corrected chi connectivity index (χ2v) is 12.0. The Morgan fingerprint density at radius 3 is 1.69 bits per heavy atom. The van der Waals surface area contributed by atoms with Gasteiger partial charge in [-0.3, -0.25) is 9.59 Å². The minimum atomic E-state index is -0.903. The average Bonchev–Trinajstić information content (AvgIpc) is 3.03. The van der Waals surface area contributed by atoms with E-state index in [1.54, 1.807) is 0 Å². The number of nitrogens with one attached hydrogen (secondary N) is 3. The molecule has 0 saturated carbocycles. The fourth-order valence-electron chi connectivity index (χ4n) is 4.72. The number of benzene rings is 3. The Morgan fingerprint density at radius 1 is 0.644 bits per heavy atom. The van der Waals surface area contributed by atoms with Crippen molar-refractivity contribution in [2.45, 2.75) is 78.3 Å². The number of aldehydes is 1. The van der Waals surface area contributed by atoms with Crippen LogP contribution in [0.4, 0.5) is 4.79 Å². The van der Waals surface area contributed by atoms with Crippen LogP contribution in [0.15, 0.2) is 84.9 Å². The average molecular weight is 616 g/mol. The summed E-state index contributed by atoms with van der Waals surface area (Å²) in [6.07, 6.45) is 0.953. The molecule has 3 N–H and O–H groups in total. The number of carbonyl (C=O) groups is 4. The summed E-state index contributed by atoms with van der Waals surface area (Å²) in [4.78, 5) is 51.2. The van der Waals surface area contributed by atoms with E-state index in [0.29, 0.717) is 31.5 Å². The van der Waals surface area contributed by atoms with Gasteiger partial charge in [0.2, 0.25) is 11.8 Å². The molecule has 9 nitrogen and oxygen atoms in total. The van der Waals surface area contributed by atoms with E-state index in [1.165, 1.54) is 0 Å². The van der Waals surface area contributed by atoms with Crippen LogP contribution in [0.2, 0.25) is 0 Å². The number of hydrogen-bond donors (Lipinski definition) is 3. The van der Waals surface area contributed by atoms with E-state index in [2.05, 4.69) is 16.0 Å². The van der Waals surface area contributed by atoms with Crippen LogP contribution in [0.3, 0.4) is 0 Å². The molecule has 0 bridgehead atoms. The van der Waals surface area contributed by atoms with Crippen LogP contribution in [0.1, 0.15) is 57.2 Å². The highest BCUT2D eigenvalue weighted by Crippen LogP contribution is 2.16. The Labute approximate surface area is 266 Å². The molecule has 45 heavy (non-hydrogen) atoms. The molecule has 0 aliphatic heterocycles. The summed E-state index contributed by atoms with van der Waals surface area (Å²) in [7, 11) is 0. The van der Waals surface area contributed by atoms with Crippen LogP contribution in [0.25, 0.3) is 0 Å². The van der Waals surface area contributed by atoms with Crippen LogP contribution < -0.4 is 20.7 Å². The lowest BCUT2D eigenvalue weighted by Gasteiger charge is -2.26. The van der Waals surface area contributed by atoms with Crippen molar-refractivity contribution < 1.29 is 28.7 Å². The Morgan fingerprint density at radius 2 is 1.16 bits per heavy atom. The molecule has 1 unspecified atom stereocenters. The minimum Gasteiger partial charge on any atom is -0.489 e. The summed E-state index contributed by atoms with van der Waals surface area (Å²) in [6.45, 7) is 8.26. The van der Waals surface area contributed by atoms with Gasteiger partial charge >= 0.3 is 6.09 Å². The molecular formula is C36H45N3O6. The van der Waals surface area contributed by atoms with Crippen molar-refractivity contribution >= 4 is 24.2 Å². The first-order valence-electron chi connectivity index (χ1n) is 15.4. The maximum atomic E-state index is 13.4. The largest absolute Gasteiger partial charge is 0.489 e. The van der Waals surface area contributed by atoms with Gasteiger partial charge in [-0.15, -0.1) is 0 Å². The second kappa shape index (κ2) is 18.2. The SMILES string of the molecule is CC(C)CC(NC(=O)OCc1ccccc1)C(=O)N[C@@H](CC(C)C)C(=O)N[C@H](C=O)Cc1ccc(OCc2ccccc2)cc1. The standard InChI is InChI=1S/C36H45N3O6/c1-25(2)19-32(38-35(42)33(20-26(3)4)39-36(43)45-24-29-13-9-6-10-14-29)34(41)37-30(22-40)21-27-15-17-31(18-16-27)44-23-28-11-7-5-8-12-28/h5-18,22,25-26,30,32-33H,19-21,23-24H2,1-4H3,(H,37,41)(H,38,42)(H,39,43)/t30-,32-,33?/m0/s1. The van der Waals surface area contributed by atoms with Gasteiger partial charge in [0.1, 0.15) is 37.3 Å². The van der Waals surface area contributed by atoms with Gasteiger partial charge in [-0.25, -0.2) is 4.79 Å². The Bertz CT molecular complexity index is 1350. The van der Waals surface area contributed by atoms with Gasteiger partial charge in [-0.05, 0) is 59.9 Å². The van der Waals surface area contributed by atoms with Crippen molar-refractivity contribution in [3.8, 4) is 5.75 Å². The highest BCUT2D eigenvalue weighted by Gasteiger charge is 2.29. The zero-order valence-electron chi connectivity index (χ0n) is 26.5. The van der Waals surface area contributed by atoms with E-state index in [4.69, 9.17) is 9.47 Å². The lowest BCUT2D eigenvalue weighted by Crippen LogP contribution is -2.55. The first kappa shape index (κ1) is 34.8. The van der Waals surface area contributed by atoms with E-state index in [0.717, 1.165) is 16.7 Å². The Balaban J connectivity index is 1.58. The molecule has 0 saturated heterocycles. The summed E-state index contributed by atoms with van der Waals surface area (Å²) in [6, 6.07) is 23.9. The maximum absolute atomic E-state index is 13.4. The Hall–Kier alpha value is -4.66. The van der Waals surface area contributed by atoms with Gasteiger partial charge < -0.3 is 30.2 Å². The Kier molecular flexibility index (Phi) is 14.1. The molecule has 3 aromatic carbocycles. The zero-order chi connectivity index (χ0) is 32.6. The van der Waals surface area contributed by atoms with Crippen molar-refractivity contribution in [1.29, 1.82) is 0 Å². The van der Waals surface area contributed by atoms with E-state index < -0.39 is 36.0 Å². The molecule has 0 aliphatic carbocycles. The molecule has 0 spiro atoms. The molecule has 3 aromatic rings. The van der Waals surface area contributed by atoms with Crippen molar-refractivity contribution in [2.75, 3.05) is 0 Å². The van der Waals surface area contributed by atoms with Gasteiger partial charge in [0.25, 0.3) is 0 Å². The van der Waals surface area contributed by atoms with Crippen molar-refractivity contribution in [1.82, 2.24) is 16.0 Å². The quantitative estimate of drug-likeness (QED) is 0.176. The predicted molar refractivity (Wildman–Crippen MR) is 173 cm³/mol. The molecule has 0 heterocycles. The molecule has 0 aliphatic rings. The first-order chi connectivity index (χ1) is 21.6. The van der Waals surface area contributed by atoms with Crippen LogP contribution in [-0.4, -0.2) is 42.3 Å². The van der Waals surface area contributed by atoms with Crippen LogP contribution in [0.5, 0.6) is 5.75 Å². The molecule has 3 rings (SSSR count). The number of hydrogen-bond acceptors (Lipinski definition) is 6. The molecule has 0 aromatic heterocycles. The summed E-state index contributed by atoms with van der Waals surface area (Å²) in [5.74, 6) is -0.0991. The number of ether oxygens (including phenoxy) is 2. The summed E-state index contributed by atoms with van der Waals surface area (Å²) < 4.78 is 11.2. The zero-order valence-corrected chi connectivity index (χ0v) is 26.5. The van der Waals surface area contributed by atoms with Crippen LogP contribution in [-0.2, 0) is 38.8 Å². The van der Waals surface area contributed by atoms with E-state index >= 15 is 0 Å². The van der Waals surface area contributed by atoms with Gasteiger partial charge in [0, 0.05) is 0 Å². The molecular weight excluding hydrogens is 570 g/mol. The van der Waals surface area contributed by atoms with Gasteiger partial charge in [0.05, 0.1) is 6.04 Å². The third-order valence-corrected chi connectivity index (χ3v) is 6.99. The third-order valence-electron chi connectivity index (χ3n) is 6.99. The highest BCUT2D eigenvalue weighted by atomic mass is 16.5. The second-order valence-electron chi connectivity index (χ2n) is 12.0. The number of alkyl carbamates (subject to hydrolysis) is 1. The van der Waals surface area contributed by atoms with Crippen LogP contribution >= 0.6 is 0 Å². The van der Waals surface area contributed by atoms with Crippen molar-refractivity contribution in [3.05, 3.63) is 102 Å². The highest BCUT2D eigenvalue weighted by molar-refractivity contribution is 5.92. The predicted octanol–water partition coefficient (Wildman–Crippen LogP) is 5.36. The maximum Gasteiger partial charge on any atom is 0.408 e. The van der Waals surface area contributed by atoms with Gasteiger partial charge in [0.15, 0.2) is 0 Å². The summed E-state index contributed by atoms with van der Waals surface area (Å²) in [5.41, 5.74) is 2.73. The molecule has 3 amide bonds. The fourth-order valence-corrected chi connectivity index (χ4v) is 4.72. The summed E-state index contributed by atoms with van der Waals surface area (Å²) in [5, 5.41) is 8.24. The summed E-state index contributed by atoms with van der Waals surface area (Å²) >= 11 is 0. The number of rotatable bonds is 17. The topological polar surface area (TPSA) is 123 Å². The molecule has 9 heteroatoms. The van der Waals surface area contributed by atoms with E-state index in [9.17, 15) is 19.2 Å². The van der Waals surface area contributed by atoms with Crippen molar-refractivity contribution in [2.24, 2.45) is 11.8 Å². The lowest BCUT2D eigenvalue weighted by atomic mass is 9.99. The normalized spacial score (nSPS) is 12.9. The molecule has 240 valence electrons. The first-order valence-corrected chi connectivity index (χ1v) is 15.4. The van der Waals surface area contributed by atoms with Gasteiger partial charge in [-0.1, -0.05) is 100 Å². The molecule has 3 atom stereocenters. The van der Waals surface area contributed by atoms with Crippen molar-refractivity contribution in [3.63, 3.8) is 0 Å². The molecule has 0 fully saturated rings. The lowest BCUT2D eigenvalue weighted by molar-refractivity contribution is -0.131. The van der Waals surface area contributed by atoms with E-state index in [-0.39, 0.29) is 24.9 Å². The van der Waals surface area contributed by atoms with E-state index in [1.807, 2.05) is 113 Å².